The number of rotatable bonds is 5. The van der Waals surface area contributed by atoms with Crippen LogP contribution < -0.4 is 0 Å². The van der Waals surface area contributed by atoms with Crippen LogP contribution in [0.3, 0.4) is 0 Å². The third kappa shape index (κ3) is 5.10. The van der Waals surface area contributed by atoms with Gasteiger partial charge in [0, 0.05) is 17.4 Å². The summed E-state index contributed by atoms with van der Waals surface area (Å²) in [5, 5.41) is 0.238. The summed E-state index contributed by atoms with van der Waals surface area (Å²) < 4.78 is 12.0. The molecule has 0 aliphatic rings. The Hall–Kier alpha value is 0.280. The topological polar surface area (TPSA) is 0 Å². The van der Waals surface area contributed by atoms with Crippen molar-refractivity contribution < 1.29 is 3.89 Å². The highest BCUT2D eigenvalue weighted by molar-refractivity contribution is 7.94. The van der Waals surface area contributed by atoms with Crippen LogP contribution >= 0.6 is 12.1 Å². The summed E-state index contributed by atoms with van der Waals surface area (Å²) in [4.78, 5) is 0. The quantitative estimate of drug-likeness (QED) is 0.595. The van der Waals surface area contributed by atoms with Crippen LogP contribution in [0, 0.1) is 5.92 Å². The average molecular weight is 164 g/mol. The highest BCUT2D eigenvalue weighted by Gasteiger charge is 2.06. The van der Waals surface area contributed by atoms with Crippen molar-refractivity contribution >= 4 is 12.1 Å². The van der Waals surface area contributed by atoms with Crippen molar-refractivity contribution in [2.45, 2.75) is 45.3 Å². The maximum absolute atomic E-state index is 12.0. The van der Waals surface area contributed by atoms with Gasteiger partial charge in [-0.25, -0.2) is 0 Å². The molecule has 10 heavy (non-hydrogen) atoms. The molecule has 0 heterocycles. The fraction of sp³-hybridized carbons (Fsp3) is 1.00. The van der Waals surface area contributed by atoms with E-state index in [0.29, 0.717) is 18.1 Å². The van der Waals surface area contributed by atoms with Crippen molar-refractivity contribution in [3.05, 3.63) is 0 Å². The second kappa shape index (κ2) is 6.02. The Balaban J connectivity index is 3.26. The molecule has 0 fully saturated rings. The Kier molecular flexibility index (Phi) is 6.19. The van der Waals surface area contributed by atoms with Crippen molar-refractivity contribution in [2.24, 2.45) is 5.92 Å². The van der Waals surface area contributed by atoms with E-state index in [0.717, 1.165) is 19.3 Å². The molecule has 0 N–H and O–H groups in total. The van der Waals surface area contributed by atoms with Crippen molar-refractivity contribution in [3.8, 4) is 0 Å². The van der Waals surface area contributed by atoms with Gasteiger partial charge in [-0.15, -0.1) is 0 Å². The Morgan fingerprint density at radius 3 is 2.20 bits per heavy atom. The van der Waals surface area contributed by atoms with Crippen molar-refractivity contribution in [1.82, 2.24) is 0 Å². The van der Waals surface area contributed by atoms with Crippen LogP contribution in [0.1, 0.15) is 40.0 Å². The van der Waals surface area contributed by atoms with E-state index < -0.39 is 0 Å². The Morgan fingerprint density at radius 2 is 1.90 bits per heavy atom. The summed E-state index contributed by atoms with van der Waals surface area (Å²) in [6.45, 7) is 6.39. The van der Waals surface area contributed by atoms with Gasteiger partial charge < -0.3 is 0 Å². The SMILES string of the molecule is CCC(CCC(C)C)SF. The molecule has 0 saturated carbocycles. The lowest BCUT2D eigenvalue weighted by molar-refractivity contribution is 0.538. The number of hydrogen-bond donors (Lipinski definition) is 0. The monoisotopic (exact) mass is 164 g/mol. The van der Waals surface area contributed by atoms with Crippen molar-refractivity contribution in [3.63, 3.8) is 0 Å². The van der Waals surface area contributed by atoms with Gasteiger partial charge >= 0.3 is 0 Å². The molecule has 0 aliphatic heterocycles. The molecule has 0 aromatic rings. The third-order valence-electron chi connectivity index (χ3n) is 1.65. The molecule has 2 heteroatoms. The Bertz CT molecular complexity index is 69.7. The van der Waals surface area contributed by atoms with E-state index in [1.807, 2.05) is 6.92 Å². The molecule has 0 saturated heterocycles. The lowest BCUT2D eigenvalue weighted by atomic mass is 10.1. The minimum atomic E-state index is 0.238. The van der Waals surface area contributed by atoms with E-state index in [4.69, 9.17) is 0 Å². The van der Waals surface area contributed by atoms with Crippen LogP contribution in [-0.4, -0.2) is 5.25 Å². The predicted molar refractivity (Wildman–Crippen MR) is 46.9 cm³/mol. The highest BCUT2D eigenvalue weighted by atomic mass is 32.2. The Labute approximate surface area is 67.9 Å². The molecular formula is C8H17FS. The molecule has 0 aromatic heterocycles. The van der Waals surface area contributed by atoms with Crippen LogP contribution in [0.5, 0.6) is 0 Å². The van der Waals surface area contributed by atoms with Gasteiger partial charge in [0.05, 0.1) is 0 Å². The summed E-state index contributed by atoms with van der Waals surface area (Å²) in [6.07, 6.45) is 3.12. The maximum Gasteiger partial charge on any atom is 0.0477 e. The second-order valence-electron chi connectivity index (χ2n) is 3.09. The van der Waals surface area contributed by atoms with Crippen LogP contribution in [0.4, 0.5) is 3.89 Å². The van der Waals surface area contributed by atoms with Crippen LogP contribution in [-0.2, 0) is 0 Å². The molecular weight excluding hydrogens is 147 g/mol. The molecule has 0 amide bonds. The largest absolute Gasteiger partial charge is 0.165 e. The first kappa shape index (κ1) is 10.3. The van der Waals surface area contributed by atoms with E-state index in [2.05, 4.69) is 13.8 Å². The molecule has 1 unspecified atom stereocenters. The van der Waals surface area contributed by atoms with E-state index >= 15 is 0 Å². The molecule has 0 spiro atoms. The molecule has 0 aromatic carbocycles. The first-order valence-electron chi connectivity index (χ1n) is 3.98. The zero-order chi connectivity index (χ0) is 7.98. The fourth-order valence-electron chi connectivity index (χ4n) is 0.831. The van der Waals surface area contributed by atoms with Crippen LogP contribution in [0.15, 0.2) is 0 Å². The van der Waals surface area contributed by atoms with Gasteiger partial charge in [0.15, 0.2) is 0 Å². The van der Waals surface area contributed by atoms with Crippen LogP contribution in [0.25, 0.3) is 0 Å². The second-order valence-corrected chi connectivity index (χ2v) is 3.94. The third-order valence-corrected chi connectivity index (χ3v) is 2.47. The van der Waals surface area contributed by atoms with E-state index in [-0.39, 0.29) is 5.25 Å². The zero-order valence-corrected chi connectivity index (χ0v) is 7.88. The molecule has 0 bridgehead atoms. The van der Waals surface area contributed by atoms with Gasteiger partial charge in [-0.3, -0.25) is 0 Å². The minimum Gasteiger partial charge on any atom is -0.165 e. The van der Waals surface area contributed by atoms with E-state index in [1.54, 1.807) is 0 Å². The summed E-state index contributed by atoms with van der Waals surface area (Å²) in [7, 11) is 0. The first-order valence-corrected chi connectivity index (χ1v) is 4.76. The van der Waals surface area contributed by atoms with Gasteiger partial charge in [0.25, 0.3) is 0 Å². The summed E-state index contributed by atoms with van der Waals surface area (Å²) in [6, 6.07) is 0. The Morgan fingerprint density at radius 1 is 1.30 bits per heavy atom. The molecule has 0 nitrogen and oxygen atoms in total. The lowest BCUT2D eigenvalue weighted by Gasteiger charge is -2.09. The van der Waals surface area contributed by atoms with Gasteiger partial charge in [0.1, 0.15) is 0 Å². The van der Waals surface area contributed by atoms with Crippen molar-refractivity contribution in [2.75, 3.05) is 0 Å². The minimum absolute atomic E-state index is 0.238. The smallest absolute Gasteiger partial charge is 0.0477 e. The normalized spacial score (nSPS) is 14.1. The maximum atomic E-state index is 12.0. The van der Waals surface area contributed by atoms with Gasteiger partial charge in [0.2, 0.25) is 0 Å². The van der Waals surface area contributed by atoms with Gasteiger partial charge in [-0.1, -0.05) is 20.8 Å². The lowest BCUT2D eigenvalue weighted by Crippen LogP contribution is -2.00. The number of halogens is 1. The van der Waals surface area contributed by atoms with Crippen LogP contribution in [0.2, 0.25) is 0 Å². The van der Waals surface area contributed by atoms with E-state index in [9.17, 15) is 3.89 Å². The summed E-state index contributed by atoms with van der Waals surface area (Å²) in [5.74, 6) is 0.709. The molecule has 62 valence electrons. The highest BCUT2D eigenvalue weighted by Crippen LogP contribution is 2.22. The molecule has 1 atom stereocenters. The van der Waals surface area contributed by atoms with Crippen molar-refractivity contribution in [1.29, 1.82) is 0 Å². The fourth-order valence-corrected chi connectivity index (χ4v) is 1.18. The first-order chi connectivity index (χ1) is 4.70. The summed E-state index contributed by atoms with van der Waals surface area (Å²) in [5.41, 5.74) is 0. The average Bonchev–Trinajstić information content (AvgIpc) is 1.90. The predicted octanol–water partition coefficient (Wildman–Crippen LogP) is 3.82. The molecule has 0 aliphatic carbocycles. The molecule has 0 radical (unpaired) electrons. The van der Waals surface area contributed by atoms with E-state index in [1.165, 1.54) is 0 Å². The number of hydrogen-bond acceptors (Lipinski definition) is 1. The molecule has 0 rings (SSSR count). The van der Waals surface area contributed by atoms with Gasteiger partial charge in [-0.2, -0.15) is 3.89 Å². The summed E-state index contributed by atoms with van der Waals surface area (Å²) >= 11 is 0.512. The standard InChI is InChI=1S/C8H17FS/c1-4-8(10-9)6-5-7(2)3/h7-8H,4-6H2,1-3H3. The van der Waals surface area contributed by atoms with Gasteiger partial charge in [-0.05, 0) is 25.2 Å². The zero-order valence-electron chi connectivity index (χ0n) is 7.06.